The molecule has 0 radical (unpaired) electrons. The van der Waals surface area contributed by atoms with Gasteiger partial charge in [0, 0.05) is 23.8 Å². The van der Waals surface area contributed by atoms with E-state index in [0.29, 0.717) is 17.9 Å². The zero-order valence-corrected chi connectivity index (χ0v) is 18.9. The summed E-state index contributed by atoms with van der Waals surface area (Å²) in [6.45, 7) is 0.262. The van der Waals surface area contributed by atoms with Crippen LogP contribution in [-0.4, -0.2) is 45.0 Å². The fourth-order valence-electron chi connectivity index (χ4n) is 3.14. The number of pyridine rings is 1. The number of nitrogens with zero attached hydrogens (tertiary/aromatic N) is 2. The van der Waals surface area contributed by atoms with Gasteiger partial charge in [-0.2, -0.15) is 4.72 Å². The van der Waals surface area contributed by atoms with Gasteiger partial charge < -0.3 is 21.5 Å². The van der Waals surface area contributed by atoms with Crippen molar-refractivity contribution in [3.8, 4) is 5.75 Å². The number of carbonyl (C=O) groups excluding carboxylic acids is 1. The quantitative estimate of drug-likeness (QED) is 0.199. The molecular weight excluding hydrogens is 444 g/mol. The summed E-state index contributed by atoms with van der Waals surface area (Å²) in [5.41, 5.74) is 12.0. The Morgan fingerprint density at radius 3 is 2.61 bits per heavy atom. The molecule has 10 nitrogen and oxygen atoms in total. The Morgan fingerprint density at radius 2 is 1.91 bits per heavy atom. The molecule has 0 aliphatic rings. The molecule has 11 heteroatoms. The number of hydrogen-bond donors (Lipinski definition) is 4. The molecule has 0 saturated heterocycles. The van der Waals surface area contributed by atoms with E-state index in [0.717, 1.165) is 10.9 Å². The number of benzene rings is 2. The van der Waals surface area contributed by atoms with Gasteiger partial charge in [-0.15, -0.1) is 0 Å². The highest BCUT2D eigenvalue weighted by atomic mass is 32.2. The molecule has 1 heterocycles. The van der Waals surface area contributed by atoms with E-state index in [9.17, 15) is 13.2 Å². The maximum atomic E-state index is 13.0. The lowest BCUT2D eigenvalue weighted by Gasteiger charge is -2.19. The van der Waals surface area contributed by atoms with Gasteiger partial charge in [0.1, 0.15) is 11.8 Å². The summed E-state index contributed by atoms with van der Waals surface area (Å²) in [5, 5.41) is 3.62. The van der Waals surface area contributed by atoms with Gasteiger partial charge in [-0.05, 0) is 61.4 Å². The molecule has 1 aromatic heterocycles. The molecule has 3 rings (SSSR count). The van der Waals surface area contributed by atoms with E-state index in [2.05, 4.69) is 20.0 Å². The first-order valence-corrected chi connectivity index (χ1v) is 11.6. The van der Waals surface area contributed by atoms with E-state index >= 15 is 0 Å². The number of nitrogens with one attached hydrogen (secondary N) is 2. The normalized spacial score (nSPS) is 12.2. The molecule has 3 aromatic rings. The molecule has 0 aliphatic heterocycles. The number of nitrogens with two attached hydrogens (primary N) is 2. The number of aliphatic imine (C=N–C) groups is 1. The second-order valence-electron chi connectivity index (χ2n) is 7.20. The lowest BCUT2D eigenvalue weighted by molar-refractivity contribution is -0.117. The van der Waals surface area contributed by atoms with Gasteiger partial charge in [0.05, 0.1) is 17.5 Å². The van der Waals surface area contributed by atoms with Crippen LogP contribution in [0.4, 0.5) is 5.69 Å². The molecule has 1 amide bonds. The molecule has 0 spiro atoms. The Labute approximate surface area is 192 Å². The summed E-state index contributed by atoms with van der Waals surface area (Å²) in [4.78, 5) is 21.2. The van der Waals surface area contributed by atoms with Crippen LogP contribution in [0.2, 0.25) is 0 Å². The van der Waals surface area contributed by atoms with Crippen molar-refractivity contribution in [2.45, 2.75) is 23.8 Å². The minimum atomic E-state index is -3.97. The highest BCUT2D eigenvalue weighted by molar-refractivity contribution is 7.89. The number of carbonyl (C=O) groups is 1. The van der Waals surface area contributed by atoms with Crippen molar-refractivity contribution in [1.82, 2.24) is 9.71 Å². The largest absolute Gasteiger partial charge is 0.497 e. The molecule has 0 saturated carbocycles. The number of aromatic nitrogens is 1. The summed E-state index contributed by atoms with van der Waals surface area (Å²) in [6.07, 6.45) is 2.26. The summed E-state index contributed by atoms with van der Waals surface area (Å²) in [5.74, 6) is -0.0501. The summed E-state index contributed by atoms with van der Waals surface area (Å²) in [7, 11) is -2.48. The van der Waals surface area contributed by atoms with Crippen molar-refractivity contribution in [3.05, 3.63) is 60.8 Å². The predicted octanol–water partition coefficient (Wildman–Crippen LogP) is 1.58. The van der Waals surface area contributed by atoms with Crippen LogP contribution >= 0.6 is 0 Å². The zero-order chi connectivity index (χ0) is 23.8. The second-order valence-corrected chi connectivity index (χ2v) is 8.91. The van der Waals surface area contributed by atoms with Crippen molar-refractivity contribution in [2.75, 3.05) is 19.0 Å². The van der Waals surface area contributed by atoms with E-state index in [1.54, 1.807) is 30.5 Å². The minimum Gasteiger partial charge on any atom is -0.497 e. The van der Waals surface area contributed by atoms with E-state index in [1.165, 1.54) is 31.4 Å². The Hall–Kier alpha value is -3.70. The van der Waals surface area contributed by atoms with Gasteiger partial charge in [-0.1, -0.05) is 6.07 Å². The second kappa shape index (κ2) is 10.7. The molecular formula is C22H26N6O4S. The summed E-state index contributed by atoms with van der Waals surface area (Å²) < 4.78 is 33.4. The number of methoxy groups -OCH3 is 1. The number of ether oxygens (including phenoxy) is 1. The van der Waals surface area contributed by atoms with Gasteiger partial charge in [0.15, 0.2) is 5.96 Å². The molecule has 33 heavy (non-hydrogen) atoms. The van der Waals surface area contributed by atoms with Crippen LogP contribution in [0.3, 0.4) is 0 Å². The topological polar surface area (TPSA) is 162 Å². The lowest BCUT2D eigenvalue weighted by Crippen LogP contribution is -2.43. The van der Waals surface area contributed by atoms with Crippen molar-refractivity contribution >= 4 is 38.5 Å². The number of rotatable bonds is 10. The van der Waals surface area contributed by atoms with Crippen molar-refractivity contribution in [3.63, 3.8) is 0 Å². The standard InChI is InChI=1S/C22H26N6O4S/c1-32-17-7-9-18(10-8-17)33(30,31)28-20(5-3-13-26-22(23)24)21(29)27-16-6-11-19-15(14-16)4-2-12-25-19/h2,4,6-12,14,20,28H,3,5,13H2,1H3,(H,27,29)(H4,23,24,26)/t20-/m0/s1. The number of fused-ring (bicyclic) bond motifs is 1. The van der Waals surface area contributed by atoms with Crippen LogP contribution in [-0.2, 0) is 14.8 Å². The van der Waals surface area contributed by atoms with Crippen LogP contribution < -0.4 is 26.2 Å². The smallest absolute Gasteiger partial charge is 0.242 e. The first-order chi connectivity index (χ1) is 15.8. The first kappa shape index (κ1) is 24.0. The Morgan fingerprint density at radius 1 is 1.15 bits per heavy atom. The first-order valence-electron chi connectivity index (χ1n) is 10.2. The summed E-state index contributed by atoms with van der Waals surface area (Å²) >= 11 is 0. The van der Waals surface area contributed by atoms with Crippen LogP contribution in [0.1, 0.15) is 12.8 Å². The van der Waals surface area contributed by atoms with Crippen molar-refractivity contribution < 1.29 is 17.9 Å². The van der Waals surface area contributed by atoms with Gasteiger partial charge in [-0.3, -0.25) is 14.8 Å². The highest BCUT2D eigenvalue weighted by Crippen LogP contribution is 2.19. The summed E-state index contributed by atoms with van der Waals surface area (Å²) in [6, 6.07) is 13.8. The van der Waals surface area contributed by atoms with Crippen LogP contribution in [0.5, 0.6) is 5.75 Å². The van der Waals surface area contributed by atoms with Crippen LogP contribution in [0.15, 0.2) is 70.7 Å². The zero-order valence-electron chi connectivity index (χ0n) is 18.1. The molecule has 0 unspecified atom stereocenters. The van der Waals surface area contributed by atoms with Crippen molar-refractivity contribution in [2.24, 2.45) is 16.5 Å². The lowest BCUT2D eigenvalue weighted by atomic mass is 10.1. The number of anilines is 1. The van der Waals surface area contributed by atoms with E-state index < -0.39 is 22.0 Å². The number of hydrogen-bond acceptors (Lipinski definition) is 6. The predicted molar refractivity (Wildman–Crippen MR) is 127 cm³/mol. The van der Waals surface area contributed by atoms with E-state index in [4.69, 9.17) is 16.2 Å². The Bertz CT molecular complexity index is 1240. The molecule has 2 aromatic carbocycles. The van der Waals surface area contributed by atoms with Crippen molar-refractivity contribution in [1.29, 1.82) is 0 Å². The van der Waals surface area contributed by atoms with Crippen LogP contribution in [0, 0.1) is 0 Å². The maximum Gasteiger partial charge on any atom is 0.242 e. The maximum absolute atomic E-state index is 13.0. The third-order valence-corrected chi connectivity index (χ3v) is 6.29. The van der Waals surface area contributed by atoms with E-state index in [-0.39, 0.29) is 23.8 Å². The minimum absolute atomic E-state index is 0.0158. The molecule has 0 bridgehead atoms. The van der Waals surface area contributed by atoms with Gasteiger partial charge in [-0.25, -0.2) is 8.42 Å². The number of guanidine groups is 1. The fourth-order valence-corrected chi connectivity index (χ4v) is 4.37. The number of amides is 1. The molecule has 0 aliphatic carbocycles. The number of sulfonamides is 1. The van der Waals surface area contributed by atoms with Gasteiger partial charge in [0.2, 0.25) is 15.9 Å². The Balaban J connectivity index is 1.79. The van der Waals surface area contributed by atoms with Gasteiger partial charge in [0.25, 0.3) is 0 Å². The van der Waals surface area contributed by atoms with Crippen LogP contribution in [0.25, 0.3) is 10.9 Å². The monoisotopic (exact) mass is 470 g/mol. The molecule has 1 atom stereocenters. The Kier molecular flexibility index (Phi) is 7.80. The molecule has 0 fully saturated rings. The average Bonchev–Trinajstić information content (AvgIpc) is 2.80. The van der Waals surface area contributed by atoms with E-state index in [1.807, 2.05) is 6.07 Å². The fraction of sp³-hybridized carbons (Fsp3) is 0.227. The van der Waals surface area contributed by atoms with Gasteiger partial charge >= 0.3 is 0 Å². The average molecular weight is 471 g/mol. The third-order valence-electron chi connectivity index (χ3n) is 4.80. The molecule has 174 valence electrons. The third kappa shape index (κ3) is 6.64. The SMILES string of the molecule is COc1ccc(S(=O)(=O)N[C@@H](CCCN=C(N)N)C(=O)Nc2ccc3ncccc3c2)cc1. The highest BCUT2D eigenvalue weighted by Gasteiger charge is 2.26. The molecule has 6 N–H and O–H groups in total.